The lowest BCUT2D eigenvalue weighted by Gasteiger charge is -2.47. The fourth-order valence-electron chi connectivity index (χ4n) is 6.69. The second kappa shape index (κ2) is 10.4. The van der Waals surface area contributed by atoms with Gasteiger partial charge in [-0.15, -0.1) is 0 Å². The minimum absolute atomic E-state index is 0.0453. The van der Waals surface area contributed by atoms with Gasteiger partial charge >= 0.3 is 0 Å². The first kappa shape index (κ1) is 24.9. The Hall–Kier alpha value is -3.15. The SMILES string of the molecule is CC#CC(=O)N1CC(N2CCC(c3cc4c(c(C5CC5)n3)OCc3c(C5CCOCC5)ccnc3N4)CC2)C1. The summed E-state index contributed by atoms with van der Waals surface area (Å²) in [6.45, 7) is 7.55. The quantitative estimate of drug-likeness (QED) is 0.594. The Balaban J connectivity index is 1.09. The molecule has 8 nitrogen and oxygen atoms in total. The first-order valence-corrected chi connectivity index (χ1v) is 14.6. The number of piperidine rings is 1. The molecule has 2 aromatic rings. The Morgan fingerprint density at radius 1 is 1.05 bits per heavy atom. The smallest absolute Gasteiger partial charge is 0.298 e. The van der Waals surface area contributed by atoms with Gasteiger partial charge in [0.15, 0.2) is 5.75 Å². The lowest BCUT2D eigenvalue weighted by molar-refractivity contribution is -0.132. The number of ether oxygens (including phenoxy) is 2. The minimum atomic E-state index is -0.0453. The molecule has 0 radical (unpaired) electrons. The predicted molar refractivity (Wildman–Crippen MR) is 148 cm³/mol. The standard InChI is InChI=1S/C31H37N5O3/c1-2-3-28(37)36-17-23(18-36)35-12-7-21(8-13-35)26-16-27-30(29(33-26)22-4-5-22)39-19-25-24(6-11-32-31(25)34-27)20-9-14-38-15-10-20/h6,11,16,20-23H,4-5,7-10,12-15,17-19H2,1H3,(H,32,34). The summed E-state index contributed by atoms with van der Waals surface area (Å²) in [5.41, 5.74) is 5.84. The van der Waals surface area contributed by atoms with E-state index in [-0.39, 0.29) is 5.91 Å². The Labute approximate surface area is 230 Å². The molecule has 0 unspecified atom stereocenters. The van der Waals surface area contributed by atoms with Gasteiger partial charge in [-0.2, -0.15) is 0 Å². The zero-order chi connectivity index (χ0) is 26.3. The van der Waals surface area contributed by atoms with Crippen LogP contribution in [0.25, 0.3) is 0 Å². The molecule has 6 heterocycles. The predicted octanol–water partition coefficient (Wildman–Crippen LogP) is 4.30. The lowest BCUT2D eigenvalue weighted by atomic mass is 9.89. The highest BCUT2D eigenvalue weighted by Gasteiger charge is 2.38. The van der Waals surface area contributed by atoms with Gasteiger partial charge in [-0.25, -0.2) is 4.98 Å². The topological polar surface area (TPSA) is 79.8 Å². The largest absolute Gasteiger partial charge is 0.485 e. The molecule has 1 saturated carbocycles. The van der Waals surface area contributed by atoms with Gasteiger partial charge in [0.1, 0.15) is 12.4 Å². The fourth-order valence-corrected chi connectivity index (χ4v) is 6.69. The normalized spacial score (nSPS) is 22.3. The molecule has 4 aliphatic heterocycles. The summed E-state index contributed by atoms with van der Waals surface area (Å²) in [4.78, 5) is 26.4. The molecule has 0 bridgehead atoms. The van der Waals surface area contributed by atoms with Crippen LogP contribution in [-0.4, -0.2) is 71.1 Å². The molecule has 1 N–H and O–H groups in total. The van der Waals surface area contributed by atoms with E-state index in [2.05, 4.69) is 34.2 Å². The third-order valence-electron chi connectivity index (χ3n) is 9.20. The van der Waals surface area contributed by atoms with Crippen molar-refractivity contribution in [3.05, 3.63) is 40.8 Å². The monoisotopic (exact) mass is 527 g/mol. The van der Waals surface area contributed by atoms with Gasteiger partial charge in [0.2, 0.25) is 0 Å². The second-order valence-corrected chi connectivity index (χ2v) is 11.7. The minimum Gasteiger partial charge on any atom is -0.485 e. The molecule has 204 valence electrons. The molecule has 0 spiro atoms. The summed E-state index contributed by atoms with van der Waals surface area (Å²) in [5.74, 6) is 8.58. The highest BCUT2D eigenvalue weighted by molar-refractivity contribution is 5.94. The van der Waals surface area contributed by atoms with Crippen molar-refractivity contribution in [3.8, 4) is 17.6 Å². The number of carbonyl (C=O) groups is 1. The molecule has 0 atom stereocenters. The maximum Gasteiger partial charge on any atom is 0.298 e. The highest BCUT2D eigenvalue weighted by atomic mass is 16.5. The average molecular weight is 528 g/mol. The molecule has 1 amide bonds. The maximum absolute atomic E-state index is 12.0. The van der Waals surface area contributed by atoms with Crippen molar-refractivity contribution < 1.29 is 14.3 Å². The Morgan fingerprint density at radius 3 is 2.59 bits per heavy atom. The number of nitrogens with one attached hydrogen (secondary N) is 1. The van der Waals surface area contributed by atoms with Gasteiger partial charge in [0.25, 0.3) is 5.91 Å². The van der Waals surface area contributed by atoms with Gasteiger partial charge in [-0.05, 0) is 88.1 Å². The van der Waals surface area contributed by atoms with Crippen LogP contribution in [0.1, 0.15) is 85.7 Å². The van der Waals surface area contributed by atoms with Crippen LogP contribution in [0.4, 0.5) is 11.5 Å². The van der Waals surface area contributed by atoms with Crippen LogP contribution in [0.15, 0.2) is 18.3 Å². The number of likely N-dealkylation sites (tertiary alicyclic amines) is 2. The van der Waals surface area contributed by atoms with Crippen LogP contribution in [0.5, 0.6) is 5.75 Å². The number of anilines is 2. The molecular formula is C31H37N5O3. The van der Waals surface area contributed by atoms with Gasteiger partial charge in [0, 0.05) is 61.6 Å². The number of hydrogen-bond donors (Lipinski definition) is 1. The number of nitrogens with zero attached hydrogens (tertiary/aromatic N) is 4. The number of amides is 1. The number of fused-ring (bicyclic) bond motifs is 2. The Bertz CT molecular complexity index is 1310. The third kappa shape index (κ3) is 4.87. The number of hydrogen-bond acceptors (Lipinski definition) is 7. The summed E-state index contributed by atoms with van der Waals surface area (Å²) in [6, 6.07) is 4.86. The van der Waals surface area contributed by atoms with Gasteiger partial charge < -0.3 is 19.7 Å². The van der Waals surface area contributed by atoms with E-state index in [4.69, 9.17) is 19.4 Å². The van der Waals surface area contributed by atoms with E-state index < -0.39 is 0 Å². The molecule has 7 rings (SSSR count). The van der Waals surface area contributed by atoms with Crippen molar-refractivity contribution in [2.24, 2.45) is 0 Å². The molecule has 8 heteroatoms. The van der Waals surface area contributed by atoms with Gasteiger partial charge in [0.05, 0.1) is 11.4 Å². The van der Waals surface area contributed by atoms with Gasteiger partial charge in [-0.3, -0.25) is 14.7 Å². The molecule has 0 aromatic carbocycles. The average Bonchev–Trinajstić information content (AvgIpc) is 3.79. The first-order chi connectivity index (χ1) is 19.2. The third-order valence-corrected chi connectivity index (χ3v) is 9.20. The molecular weight excluding hydrogens is 490 g/mol. The van der Waals surface area contributed by atoms with E-state index in [0.717, 1.165) is 88.0 Å². The molecule has 1 aliphatic carbocycles. The van der Waals surface area contributed by atoms with Crippen LogP contribution in [0.2, 0.25) is 0 Å². The maximum atomic E-state index is 12.0. The molecule has 5 aliphatic rings. The van der Waals surface area contributed by atoms with Crippen LogP contribution < -0.4 is 10.1 Å². The number of carbonyl (C=O) groups excluding carboxylic acids is 1. The van der Waals surface area contributed by atoms with E-state index >= 15 is 0 Å². The van der Waals surface area contributed by atoms with E-state index in [1.165, 1.54) is 29.7 Å². The summed E-state index contributed by atoms with van der Waals surface area (Å²) in [5, 5.41) is 3.69. The van der Waals surface area contributed by atoms with Crippen LogP contribution in [0.3, 0.4) is 0 Å². The zero-order valence-electron chi connectivity index (χ0n) is 22.7. The van der Waals surface area contributed by atoms with Crippen molar-refractivity contribution >= 4 is 17.4 Å². The van der Waals surface area contributed by atoms with Gasteiger partial charge in [-0.1, -0.05) is 5.92 Å². The summed E-state index contributed by atoms with van der Waals surface area (Å²) >= 11 is 0. The van der Waals surface area contributed by atoms with Crippen molar-refractivity contribution in [3.63, 3.8) is 0 Å². The van der Waals surface area contributed by atoms with E-state index in [0.29, 0.717) is 30.4 Å². The molecule has 3 saturated heterocycles. The second-order valence-electron chi connectivity index (χ2n) is 11.7. The summed E-state index contributed by atoms with van der Waals surface area (Å²) in [7, 11) is 0. The van der Waals surface area contributed by atoms with Crippen LogP contribution >= 0.6 is 0 Å². The molecule has 39 heavy (non-hydrogen) atoms. The van der Waals surface area contributed by atoms with E-state index in [9.17, 15) is 4.79 Å². The van der Waals surface area contributed by atoms with Crippen molar-refractivity contribution in [2.45, 2.75) is 75.9 Å². The lowest BCUT2D eigenvalue weighted by Crippen LogP contribution is -2.61. The fraction of sp³-hybridized carbons (Fsp3) is 0.581. The highest BCUT2D eigenvalue weighted by Crippen LogP contribution is 2.49. The number of aromatic nitrogens is 2. The number of rotatable bonds is 4. The summed E-state index contributed by atoms with van der Waals surface area (Å²) < 4.78 is 12.2. The first-order valence-electron chi connectivity index (χ1n) is 14.6. The number of pyridine rings is 2. The zero-order valence-corrected chi connectivity index (χ0v) is 22.7. The van der Waals surface area contributed by atoms with Crippen molar-refractivity contribution in [2.75, 3.05) is 44.7 Å². The summed E-state index contributed by atoms with van der Waals surface area (Å²) in [6.07, 6.45) is 8.56. The van der Waals surface area contributed by atoms with Crippen LogP contribution in [-0.2, 0) is 16.1 Å². The molecule has 4 fully saturated rings. The van der Waals surface area contributed by atoms with Crippen molar-refractivity contribution in [1.82, 2.24) is 19.8 Å². The Morgan fingerprint density at radius 2 is 1.85 bits per heavy atom. The van der Waals surface area contributed by atoms with E-state index in [1.807, 2.05) is 11.1 Å². The van der Waals surface area contributed by atoms with Crippen molar-refractivity contribution in [1.29, 1.82) is 0 Å². The van der Waals surface area contributed by atoms with E-state index in [1.54, 1.807) is 6.92 Å². The van der Waals surface area contributed by atoms with Crippen LogP contribution in [0, 0.1) is 11.8 Å². The Kier molecular flexibility index (Phi) is 6.65. The molecule has 2 aromatic heterocycles.